The highest BCUT2D eigenvalue weighted by Gasteiger charge is 2.18. The quantitative estimate of drug-likeness (QED) is 0.427. The van der Waals surface area contributed by atoms with Gasteiger partial charge in [-0.3, -0.25) is 0 Å². The number of rotatable bonds is 6. The summed E-state index contributed by atoms with van der Waals surface area (Å²) in [5, 5.41) is 14.2. The Bertz CT molecular complexity index is 340. The van der Waals surface area contributed by atoms with E-state index in [0.29, 0.717) is 19.8 Å². The predicted molar refractivity (Wildman–Crippen MR) is 55.0 cm³/mol. The van der Waals surface area contributed by atoms with E-state index in [2.05, 4.69) is 5.10 Å². The zero-order valence-electron chi connectivity index (χ0n) is 8.35. The first kappa shape index (κ1) is 11.9. The summed E-state index contributed by atoms with van der Waals surface area (Å²) >= 11 is 5.61. The lowest BCUT2D eigenvalue weighted by molar-refractivity contribution is -0.389. The molecule has 1 rings (SSSR count). The molecule has 0 fully saturated rings. The van der Waals surface area contributed by atoms with E-state index >= 15 is 0 Å². The van der Waals surface area contributed by atoms with E-state index in [0.717, 1.165) is 6.42 Å². The lowest BCUT2D eigenvalue weighted by Gasteiger charge is -1.99. The summed E-state index contributed by atoms with van der Waals surface area (Å²) in [7, 11) is 0. The van der Waals surface area contributed by atoms with Gasteiger partial charge in [0.1, 0.15) is 0 Å². The summed E-state index contributed by atoms with van der Waals surface area (Å²) in [5.41, 5.74) is 0. The van der Waals surface area contributed by atoms with Crippen LogP contribution in [0.3, 0.4) is 0 Å². The molecule has 0 atom stereocenters. The van der Waals surface area contributed by atoms with Gasteiger partial charge >= 0.3 is 5.82 Å². The first-order valence-electron chi connectivity index (χ1n) is 4.60. The topological polar surface area (TPSA) is 70.2 Å². The molecule has 84 valence electrons. The molecule has 0 radical (unpaired) electrons. The second-order valence-corrected chi connectivity index (χ2v) is 3.34. The minimum Gasteiger partial charge on any atom is -0.379 e. The van der Waals surface area contributed by atoms with E-state index in [-0.39, 0.29) is 10.8 Å². The van der Waals surface area contributed by atoms with Crippen LogP contribution in [0.5, 0.6) is 0 Å². The lowest BCUT2D eigenvalue weighted by Crippen LogP contribution is -2.07. The van der Waals surface area contributed by atoms with Crippen LogP contribution in [0.2, 0.25) is 5.02 Å². The van der Waals surface area contributed by atoms with Crippen LogP contribution in [0.4, 0.5) is 5.82 Å². The van der Waals surface area contributed by atoms with Gasteiger partial charge in [-0.25, -0.2) is 0 Å². The van der Waals surface area contributed by atoms with Gasteiger partial charge in [-0.2, -0.15) is 4.68 Å². The number of nitrogens with zero attached hydrogens (tertiary/aromatic N) is 3. The molecule has 0 spiro atoms. The largest absolute Gasteiger partial charge is 0.408 e. The maximum Gasteiger partial charge on any atom is 0.408 e. The second-order valence-electron chi connectivity index (χ2n) is 2.93. The van der Waals surface area contributed by atoms with Gasteiger partial charge < -0.3 is 14.9 Å². The molecule has 0 aliphatic rings. The highest BCUT2D eigenvalue weighted by Crippen LogP contribution is 2.20. The number of nitro groups is 1. The third kappa shape index (κ3) is 3.49. The smallest absolute Gasteiger partial charge is 0.379 e. The summed E-state index contributed by atoms with van der Waals surface area (Å²) in [6, 6.07) is 0. The summed E-state index contributed by atoms with van der Waals surface area (Å²) in [4.78, 5) is 9.82. The van der Waals surface area contributed by atoms with Gasteiger partial charge in [0.15, 0.2) is 5.02 Å². The van der Waals surface area contributed by atoms with Crippen molar-refractivity contribution in [1.82, 2.24) is 9.78 Å². The van der Waals surface area contributed by atoms with Crippen molar-refractivity contribution < 1.29 is 9.66 Å². The zero-order valence-corrected chi connectivity index (χ0v) is 9.11. The molecule has 6 nitrogen and oxygen atoms in total. The van der Waals surface area contributed by atoms with Crippen LogP contribution in [-0.4, -0.2) is 27.9 Å². The van der Waals surface area contributed by atoms with Crippen molar-refractivity contribution in [3.63, 3.8) is 0 Å². The molecule has 0 unspecified atom stereocenters. The highest BCUT2D eigenvalue weighted by molar-refractivity contribution is 6.32. The van der Waals surface area contributed by atoms with Crippen LogP contribution in [0.15, 0.2) is 6.20 Å². The number of hydrogen-bond acceptors (Lipinski definition) is 4. The lowest BCUT2D eigenvalue weighted by atomic mass is 10.5. The van der Waals surface area contributed by atoms with Gasteiger partial charge in [0.2, 0.25) is 0 Å². The average Bonchev–Trinajstić information content (AvgIpc) is 2.55. The molecule has 1 heterocycles. The molecular formula is C8H12ClN3O3. The minimum absolute atomic E-state index is 0.0514. The number of ether oxygens (including phenoxy) is 1. The maximum atomic E-state index is 10.4. The van der Waals surface area contributed by atoms with Gasteiger partial charge in [-0.05, 0) is 11.3 Å². The molecule has 0 aliphatic heterocycles. The third-order valence-corrected chi connectivity index (χ3v) is 1.95. The Balaban J connectivity index is 2.48. The first-order valence-corrected chi connectivity index (χ1v) is 4.98. The van der Waals surface area contributed by atoms with Gasteiger partial charge in [0.25, 0.3) is 0 Å². The normalized spacial score (nSPS) is 10.5. The van der Waals surface area contributed by atoms with Crippen LogP contribution < -0.4 is 0 Å². The van der Waals surface area contributed by atoms with Gasteiger partial charge in [0.05, 0.1) is 24.4 Å². The van der Waals surface area contributed by atoms with Crippen molar-refractivity contribution >= 4 is 17.4 Å². The minimum atomic E-state index is -0.605. The molecule has 0 aromatic carbocycles. The Morgan fingerprint density at radius 3 is 2.93 bits per heavy atom. The number of hydrogen-bond donors (Lipinski definition) is 0. The Kier molecular flexibility index (Phi) is 4.51. The van der Waals surface area contributed by atoms with Crippen LogP contribution in [0, 0.1) is 10.1 Å². The summed E-state index contributed by atoms with van der Waals surface area (Å²) in [6.45, 7) is 3.63. The Hall–Kier alpha value is -1.14. The molecule has 0 saturated heterocycles. The zero-order chi connectivity index (χ0) is 11.3. The molecular weight excluding hydrogens is 222 g/mol. The third-order valence-electron chi connectivity index (χ3n) is 1.69. The van der Waals surface area contributed by atoms with E-state index in [4.69, 9.17) is 16.3 Å². The predicted octanol–water partition coefficient (Wildman–Crippen LogP) is 1.87. The van der Waals surface area contributed by atoms with E-state index in [1.807, 2.05) is 6.92 Å². The number of aromatic nitrogens is 2. The Morgan fingerprint density at radius 1 is 1.67 bits per heavy atom. The van der Waals surface area contributed by atoms with Gasteiger partial charge in [0, 0.05) is 6.61 Å². The van der Waals surface area contributed by atoms with E-state index in [9.17, 15) is 10.1 Å². The second kappa shape index (κ2) is 5.67. The van der Waals surface area contributed by atoms with E-state index in [1.165, 1.54) is 10.9 Å². The van der Waals surface area contributed by atoms with Crippen LogP contribution in [0.1, 0.15) is 13.3 Å². The van der Waals surface area contributed by atoms with Crippen molar-refractivity contribution in [1.29, 1.82) is 0 Å². The Morgan fingerprint density at radius 2 is 2.40 bits per heavy atom. The van der Waals surface area contributed by atoms with Crippen molar-refractivity contribution in [3.05, 3.63) is 21.3 Å². The van der Waals surface area contributed by atoms with Crippen molar-refractivity contribution in [2.24, 2.45) is 0 Å². The monoisotopic (exact) mass is 233 g/mol. The van der Waals surface area contributed by atoms with Crippen molar-refractivity contribution in [3.8, 4) is 0 Å². The Labute approximate surface area is 91.9 Å². The summed E-state index contributed by atoms with van der Waals surface area (Å²) in [6.07, 6.45) is 2.37. The van der Waals surface area contributed by atoms with E-state index < -0.39 is 4.92 Å². The van der Waals surface area contributed by atoms with Crippen LogP contribution >= 0.6 is 11.6 Å². The van der Waals surface area contributed by atoms with Gasteiger partial charge in [-0.1, -0.05) is 18.5 Å². The van der Waals surface area contributed by atoms with Crippen LogP contribution in [0.25, 0.3) is 0 Å². The van der Waals surface area contributed by atoms with Crippen molar-refractivity contribution in [2.45, 2.75) is 19.9 Å². The fourth-order valence-corrected chi connectivity index (χ4v) is 1.25. The molecule has 15 heavy (non-hydrogen) atoms. The fourth-order valence-electron chi connectivity index (χ4n) is 1.03. The van der Waals surface area contributed by atoms with Crippen LogP contribution in [-0.2, 0) is 11.3 Å². The molecule has 0 aliphatic carbocycles. The maximum absolute atomic E-state index is 10.4. The average molecular weight is 234 g/mol. The summed E-state index contributed by atoms with van der Waals surface area (Å²) < 4.78 is 6.64. The van der Waals surface area contributed by atoms with Crippen molar-refractivity contribution in [2.75, 3.05) is 13.2 Å². The molecule has 1 aromatic rings. The molecule has 0 bridgehead atoms. The molecule has 0 amide bonds. The molecule has 1 aromatic heterocycles. The SMILES string of the molecule is CCCOCCn1cc(Cl)c([N+](=O)[O-])n1. The van der Waals surface area contributed by atoms with E-state index in [1.54, 1.807) is 0 Å². The molecule has 0 saturated carbocycles. The fraction of sp³-hybridized carbons (Fsp3) is 0.625. The first-order chi connectivity index (χ1) is 7.15. The number of halogens is 1. The molecule has 7 heteroatoms. The van der Waals surface area contributed by atoms with Gasteiger partial charge in [-0.15, -0.1) is 0 Å². The highest BCUT2D eigenvalue weighted by atomic mass is 35.5. The standard InChI is InChI=1S/C8H12ClN3O3/c1-2-4-15-5-3-11-6-7(9)8(10-11)12(13)14/h6H,2-5H2,1H3. The summed E-state index contributed by atoms with van der Waals surface area (Å²) in [5.74, 6) is -0.313. The molecule has 0 N–H and O–H groups in total.